The fraction of sp³-hybridized carbons (Fsp3) is 0.552. The lowest BCUT2D eigenvalue weighted by atomic mass is 9.51. The van der Waals surface area contributed by atoms with E-state index in [0.29, 0.717) is 30.0 Å². The van der Waals surface area contributed by atoms with Gasteiger partial charge in [0, 0.05) is 37.5 Å². The van der Waals surface area contributed by atoms with Gasteiger partial charge in [-0.3, -0.25) is 4.79 Å². The Morgan fingerprint density at radius 2 is 1.84 bits per heavy atom. The fourth-order valence-corrected chi connectivity index (χ4v) is 7.55. The van der Waals surface area contributed by atoms with Crippen LogP contribution >= 0.6 is 0 Å². The second-order valence-electron chi connectivity index (χ2n) is 10.9. The minimum absolute atomic E-state index is 0.134. The van der Waals surface area contributed by atoms with Crippen molar-refractivity contribution in [1.82, 2.24) is 0 Å². The molecule has 5 atom stereocenters. The zero-order valence-corrected chi connectivity index (χ0v) is 20.0. The van der Waals surface area contributed by atoms with Gasteiger partial charge in [0.15, 0.2) is 5.78 Å². The van der Waals surface area contributed by atoms with Crippen molar-refractivity contribution < 1.29 is 9.90 Å². The van der Waals surface area contributed by atoms with Crippen molar-refractivity contribution in [1.29, 1.82) is 0 Å². The molecule has 0 unspecified atom stereocenters. The van der Waals surface area contributed by atoms with E-state index in [2.05, 4.69) is 56.3 Å². The maximum absolute atomic E-state index is 12.2. The van der Waals surface area contributed by atoms with E-state index >= 15 is 0 Å². The molecule has 2 saturated carbocycles. The standard InChI is InChI=1S/C29H37NO2/c1-5-15-29(32)16-14-26-24-12-8-20-17-22(31)11-13-23(20)27(24)25(18-28(26,29)2)19-6-9-21(10-7-19)30(3)4/h5-7,9-10,15,17,24-26,32H,8,11-14,16,18H2,1-4H3/b15-5-/t24-,25+,26-,28-,29+/m0/s1. The van der Waals surface area contributed by atoms with E-state index in [4.69, 9.17) is 0 Å². The largest absolute Gasteiger partial charge is 0.385 e. The van der Waals surface area contributed by atoms with Crippen molar-refractivity contribution >= 4 is 11.5 Å². The van der Waals surface area contributed by atoms with Gasteiger partial charge < -0.3 is 10.0 Å². The zero-order valence-electron chi connectivity index (χ0n) is 20.0. The van der Waals surface area contributed by atoms with E-state index in [1.165, 1.54) is 22.4 Å². The third-order valence-electron chi connectivity index (χ3n) is 9.20. The molecule has 5 rings (SSSR count). The highest BCUT2D eigenvalue weighted by molar-refractivity contribution is 5.93. The van der Waals surface area contributed by atoms with Crippen molar-refractivity contribution in [2.45, 2.75) is 70.3 Å². The number of carbonyl (C=O) groups is 1. The summed E-state index contributed by atoms with van der Waals surface area (Å²) in [7, 11) is 4.16. The summed E-state index contributed by atoms with van der Waals surface area (Å²) in [5.41, 5.74) is 6.07. The van der Waals surface area contributed by atoms with Crippen LogP contribution in [0, 0.1) is 17.3 Å². The molecule has 4 aliphatic rings. The minimum atomic E-state index is -0.733. The molecule has 2 fully saturated rings. The first-order chi connectivity index (χ1) is 15.3. The number of hydrogen-bond acceptors (Lipinski definition) is 3. The Balaban J connectivity index is 1.66. The van der Waals surface area contributed by atoms with Gasteiger partial charge in [0.05, 0.1) is 5.60 Å². The maximum atomic E-state index is 12.2. The molecule has 1 aromatic rings. The van der Waals surface area contributed by atoms with Crippen LogP contribution in [0.3, 0.4) is 0 Å². The topological polar surface area (TPSA) is 40.5 Å². The van der Waals surface area contributed by atoms with Gasteiger partial charge in [0.2, 0.25) is 0 Å². The molecule has 0 saturated heterocycles. The van der Waals surface area contributed by atoms with E-state index in [0.717, 1.165) is 38.5 Å². The van der Waals surface area contributed by atoms with Gasteiger partial charge in [0.1, 0.15) is 0 Å². The van der Waals surface area contributed by atoms with Crippen LogP contribution in [-0.4, -0.2) is 30.6 Å². The summed E-state index contributed by atoms with van der Waals surface area (Å²) in [6, 6.07) is 9.04. The number of anilines is 1. The molecule has 0 radical (unpaired) electrons. The fourth-order valence-electron chi connectivity index (χ4n) is 7.55. The van der Waals surface area contributed by atoms with Gasteiger partial charge in [-0.2, -0.15) is 0 Å². The lowest BCUT2D eigenvalue weighted by Crippen LogP contribution is -2.50. The molecule has 1 aromatic carbocycles. The van der Waals surface area contributed by atoms with Crippen LogP contribution in [0.1, 0.15) is 70.3 Å². The highest BCUT2D eigenvalue weighted by Crippen LogP contribution is 2.67. The van der Waals surface area contributed by atoms with Gasteiger partial charge in [-0.15, -0.1) is 0 Å². The average molecular weight is 432 g/mol. The van der Waals surface area contributed by atoms with E-state index in [-0.39, 0.29) is 5.41 Å². The van der Waals surface area contributed by atoms with E-state index in [1.54, 1.807) is 5.57 Å². The van der Waals surface area contributed by atoms with Crippen LogP contribution in [0.25, 0.3) is 0 Å². The Morgan fingerprint density at radius 1 is 1.09 bits per heavy atom. The lowest BCUT2D eigenvalue weighted by molar-refractivity contribution is -0.114. The highest BCUT2D eigenvalue weighted by Gasteiger charge is 2.61. The maximum Gasteiger partial charge on any atom is 0.156 e. The minimum Gasteiger partial charge on any atom is -0.385 e. The number of ketones is 1. The van der Waals surface area contributed by atoms with Crippen LogP contribution < -0.4 is 4.90 Å². The summed E-state index contributed by atoms with van der Waals surface area (Å²) < 4.78 is 0. The third-order valence-corrected chi connectivity index (χ3v) is 9.20. The summed E-state index contributed by atoms with van der Waals surface area (Å²) in [5, 5.41) is 11.8. The Kier molecular flexibility index (Phi) is 5.24. The quantitative estimate of drug-likeness (QED) is 0.600. The van der Waals surface area contributed by atoms with Gasteiger partial charge in [-0.05, 0) is 92.2 Å². The molecule has 0 amide bonds. The third kappa shape index (κ3) is 3.15. The number of hydrogen-bond donors (Lipinski definition) is 1. The van der Waals surface area contributed by atoms with Gasteiger partial charge in [0.25, 0.3) is 0 Å². The molecule has 0 aliphatic heterocycles. The second kappa shape index (κ2) is 7.73. The first-order valence-corrected chi connectivity index (χ1v) is 12.4. The zero-order chi connectivity index (χ0) is 22.7. The lowest BCUT2D eigenvalue weighted by Gasteiger charge is -2.54. The summed E-state index contributed by atoms with van der Waals surface area (Å²) >= 11 is 0. The summed E-state index contributed by atoms with van der Waals surface area (Å²) in [6.45, 7) is 4.38. The normalized spacial score (nSPS) is 36.6. The summed E-state index contributed by atoms with van der Waals surface area (Å²) in [6.07, 6.45) is 12.6. The van der Waals surface area contributed by atoms with Crippen LogP contribution in [0.2, 0.25) is 0 Å². The van der Waals surface area contributed by atoms with Crippen molar-refractivity contribution in [3.8, 4) is 0 Å². The number of allylic oxidation sites excluding steroid dienone is 5. The van der Waals surface area contributed by atoms with Gasteiger partial charge in [-0.1, -0.05) is 36.8 Å². The summed E-state index contributed by atoms with van der Waals surface area (Å²) in [4.78, 5) is 14.3. The van der Waals surface area contributed by atoms with E-state index in [1.807, 2.05) is 19.1 Å². The Morgan fingerprint density at radius 3 is 2.53 bits per heavy atom. The Labute approximate surface area is 192 Å². The van der Waals surface area contributed by atoms with Crippen LogP contribution in [0.4, 0.5) is 5.69 Å². The molecule has 0 spiro atoms. The number of carbonyl (C=O) groups excluding carboxylic acids is 1. The van der Waals surface area contributed by atoms with Crippen LogP contribution in [0.5, 0.6) is 0 Å². The Hall–Kier alpha value is -2.13. The number of fused-ring (bicyclic) bond motifs is 4. The first kappa shape index (κ1) is 21.7. The van der Waals surface area contributed by atoms with E-state index in [9.17, 15) is 9.90 Å². The highest BCUT2D eigenvalue weighted by atomic mass is 16.3. The van der Waals surface area contributed by atoms with Crippen molar-refractivity contribution in [2.75, 3.05) is 19.0 Å². The first-order valence-electron chi connectivity index (χ1n) is 12.4. The monoisotopic (exact) mass is 431 g/mol. The number of aliphatic hydroxyl groups is 1. The second-order valence-corrected chi connectivity index (χ2v) is 10.9. The van der Waals surface area contributed by atoms with Crippen molar-refractivity contribution in [2.24, 2.45) is 17.3 Å². The molecule has 3 nitrogen and oxygen atoms in total. The van der Waals surface area contributed by atoms with Crippen molar-refractivity contribution in [3.05, 3.63) is 64.8 Å². The summed E-state index contributed by atoms with van der Waals surface area (Å²) in [5.74, 6) is 1.60. The molecule has 0 aromatic heterocycles. The molecular weight excluding hydrogens is 394 g/mol. The predicted molar refractivity (Wildman–Crippen MR) is 131 cm³/mol. The van der Waals surface area contributed by atoms with E-state index < -0.39 is 5.60 Å². The number of benzene rings is 1. The average Bonchev–Trinajstić information content (AvgIpc) is 3.03. The molecule has 4 aliphatic carbocycles. The molecule has 0 bridgehead atoms. The smallest absolute Gasteiger partial charge is 0.156 e. The SMILES string of the molecule is C/C=C\[C@@]1(O)CC[C@H]2[C@@H]3CCC4=CC(=O)CCC4=C3[C@@H](c3ccc(N(C)C)cc3)C[C@@]21C. The Bertz CT molecular complexity index is 1010. The molecular formula is C29H37NO2. The molecule has 3 heteroatoms. The predicted octanol–water partition coefficient (Wildman–Crippen LogP) is 5.96. The van der Waals surface area contributed by atoms with Gasteiger partial charge >= 0.3 is 0 Å². The van der Waals surface area contributed by atoms with Crippen LogP contribution in [0.15, 0.2) is 59.2 Å². The number of rotatable bonds is 3. The molecule has 32 heavy (non-hydrogen) atoms. The van der Waals surface area contributed by atoms with Crippen molar-refractivity contribution in [3.63, 3.8) is 0 Å². The van der Waals surface area contributed by atoms with Crippen LogP contribution in [-0.2, 0) is 4.79 Å². The molecule has 0 heterocycles. The molecule has 1 N–H and O–H groups in total. The molecule has 170 valence electrons. The number of nitrogens with zero attached hydrogens (tertiary/aromatic N) is 1. The van der Waals surface area contributed by atoms with Gasteiger partial charge in [-0.25, -0.2) is 0 Å².